The van der Waals surface area contributed by atoms with Gasteiger partial charge in [0.2, 0.25) is 23.9 Å². The number of carbonyl (C=O) groups excluding carboxylic acids is 4. The summed E-state index contributed by atoms with van der Waals surface area (Å²) in [6, 6.07) is 14.9. The number of aromatic nitrogens is 3. The fourth-order valence-electron chi connectivity index (χ4n) is 7.93. The Morgan fingerprint density at radius 1 is 0.908 bits per heavy atom. The molecule has 0 bridgehead atoms. The van der Waals surface area contributed by atoms with Crippen molar-refractivity contribution in [1.82, 2.24) is 46.0 Å². The van der Waals surface area contributed by atoms with Crippen molar-refractivity contribution in [3.8, 4) is 5.75 Å². The van der Waals surface area contributed by atoms with E-state index < -0.39 is 83.5 Å². The number of H-pyrrole nitrogens is 2. The molecule has 7 unspecified atom stereocenters. The van der Waals surface area contributed by atoms with Crippen molar-refractivity contribution < 1.29 is 44.0 Å². The highest BCUT2D eigenvalue weighted by Gasteiger charge is 2.38. The smallest absolute Gasteiger partial charge is 0.331 e. The van der Waals surface area contributed by atoms with Gasteiger partial charge in [0, 0.05) is 68.4 Å². The van der Waals surface area contributed by atoms with Gasteiger partial charge in [-0.25, -0.2) is 14.4 Å². The third-order valence-electron chi connectivity index (χ3n) is 11.6. The van der Waals surface area contributed by atoms with Crippen LogP contribution in [-0.2, 0) is 49.7 Å². The maximum Gasteiger partial charge on any atom is 0.331 e. The van der Waals surface area contributed by atoms with Crippen LogP contribution in [0, 0.1) is 0 Å². The fourth-order valence-corrected chi connectivity index (χ4v) is 7.93. The van der Waals surface area contributed by atoms with E-state index in [1.165, 1.54) is 11.9 Å². The monoisotopic (exact) mass is 891 g/mol. The first kappa shape index (κ1) is 45.3. The molecule has 0 spiro atoms. The molecule has 340 valence electrons. The number of aliphatic carboxylic acids is 1. The number of carboxylic acids is 1. The number of urea groups is 1. The van der Waals surface area contributed by atoms with Crippen LogP contribution in [0.4, 0.5) is 4.79 Å². The van der Waals surface area contributed by atoms with E-state index in [4.69, 9.17) is 4.74 Å². The number of rotatable bonds is 15. The first-order chi connectivity index (χ1) is 31.1. The Morgan fingerprint density at radius 2 is 1.65 bits per heavy atom. The van der Waals surface area contributed by atoms with Gasteiger partial charge >= 0.3 is 17.7 Å². The van der Waals surface area contributed by atoms with Gasteiger partial charge < -0.3 is 56.5 Å². The fraction of sp³-hybridized carbons (Fsp3) is 0.311. The molecular weight excluding hydrogens is 843 g/mol. The molecular formula is C45H49N9O11. The lowest BCUT2D eigenvalue weighted by atomic mass is 9.94. The quantitative estimate of drug-likeness (QED) is 0.0693. The number of nitrogens with zero attached hydrogens (tertiary/aromatic N) is 2. The minimum atomic E-state index is -1.51. The van der Waals surface area contributed by atoms with Gasteiger partial charge in [-0.15, -0.1) is 0 Å². The first-order valence-corrected chi connectivity index (χ1v) is 20.8. The summed E-state index contributed by atoms with van der Waals surface area (Å²) >= 11 is 0. The van der Waals surface area contributed by atoms with E-state index in [9.17, 15) is 48.9 Å². The zero-order valence-corrected chi connectivity index (χ0v) is 35.3. The highest BCUT2D eigenvalue weighted by Crippen LogP contribution is 2.30. The van der Waals surface area contributed by atoms with Crippen LogP contribution in [0.1, 0.15) is 41.8 Å². The van der Waals surface area contributed by atoms with Gasteiger partial charge in [-0.1, -0.05) is 54.6 Å². The van der Waals surface area contributed by atoms with Crippen LogP contribution in [0.15, 0.2) is 113 Å². The minimum Gasteiger partial charge on any atom is -0.508 e. The lowest BCUT2D eigenvalue weighted by Crippen LogP contribution is -2.63. The second-order valence-electron chi connectivity index (χ2n) is 16.0. The van der Waals surface area contributed by atoms with Gasteiger partial charge in [-0.2, -0.15) is 0 Å². The van der Waals surface area contributed by atoms with Crippen LogP contribution < -0.4 is 37.8 Å². The van der Waals surface area contributed by atoms with Crippen molar-refractivity contribution in [2.45, 2.75) is 81.7 Å². The van der Waals surface area contributed by atoms with E-state index >= 15 is 0 Å². The van der Waals surface area contributed by atoms with E-state index in [2.05, 4.69) is 36.6 Å². The van der Waals surface area contributed by atoms with Gasteiger partial charge in [0.1, 0.15) is 35.7 Å². The van der Waals surface area contributed by atoms with E-state index in [-0.39, 0.29) is 37.2 Å². The number of ether oxygens (including phenoxy) is 1. The number of nitrogens with one attached hydrogen (secondary N) is 7. The number of hydrogen-bond donors (Lipinski definition) is 10. The number of benzene rings is 3. The number of phenolic OH excluding ortho intramolecular Hbond substituents is 1. The number of aliphatic hydroxyl groups excluding tert-OH is 1. The Balaban J connectivity index is 1.12. The summed E-state index contributed by atoms with van der Waals surface area (Å²) in [6.07, 6.45) is 1.38. The molecule has 0 aliphatic carbocycles. The summed E-state index contributed by atoms with van der Waals surface area (Å²) in [5, 5.41) is 45.3. The third kappa shape index (κ3) is 10.7. The Bertz CT molecular complexity index is 2730. The standard InChI is InChI=1S/C45H49N9O11/c1-24(53(2)41(60)34-18-27-17-29(55)13-12-26(27)21-47-34)38(40(59)48-23-30-20-36(56)42(65-30)54-15-14-37(57)51-45(54)64)52-39(58)33(16-25-8-4-3-5-9-25)49-44(63)50-35(43(61)62)19-28-22-46-32-11-7-6-10-31(28)32/h3-15,17,22-24,33-36,38,42,46-47,55-56H,16,18-21H2,1-2H3,(H,48,59)(H,52,58)(H,61,62)(H2,49,50,63)(H,51,57,64). The largest absolute Gasteiger partial charge is 0.508 e. The number of carbonyl (C=O) groups is 5. The zero-order valence-electron chi connectivity index (χ0n) is 35.3. The average molecular weight is 892 g/mol. The summed E-state index contributed by atoms with van der Waals surface area (Å²) in [5.41, 5.74) is 2.24. The SMILES string of the molecule is CC(C(NC(=O)C(Cc1ccccc1)NC(=O)NC(Cc1c[nH]c2ccccc12)C(=O)O)C(=O)NC=C1CC(O)C(n2ccc(=O)[nH]c2=O)O1)N(C)C(=O)C1Cc2cc(O)ccc2CN1. The Labute approximate surface area is 370 Å². The highest BCUT2D eigenvalue weighted by atomic mass is 16.5. The van der Waals surface area contributed by atoms with Crippen LogP contribution in [0.3, 0.4) is 0 Å². The number of likely N-dealkylation sites (N-methyl/N-ethyl adjacent to an activating group) is 1. The van der Waals surface area contributed by atoms with Crippen LogP contribution in [0.25, 0.3) is 10.9 Å². The molecule has 2 aromatic heterocycles. The number of fused-ring (bicyclic) bond motifs is 2. The molecule has 1 saturated heterocycles. The van der Waals surface area contributed by atoms with Gasteiger partial charge in [0.05, 0.1) is 12.1 Å². The molecule has 2 aliphatic heterocycles. The van der Waals surface area contributed by atoms with Crippen molar-refractivity contribution >= 4 is 40.6 Å². The second kappa shape index (κ2) is 19.8. The van der Waals surface area contributed by atoms with E-state index in [1.54, 1.807) is 61.7 Å². The Kier molecular flexibility index (Phi) is 13.8. The topological polar surface area (TPSA) is 289 Å². The minimum absolute atomic E-state index is 0.0445. The van der Waals surface area contributed by atoms with Crippen molar-refractivity contribution in [2.24, 2.45) is 0 Å². The number of aromatic hydroxyl groups is 1. The first-order valence-electron chi connectivity index (χ1n) is 20.8. The molecule has 0 radical (unpaired) electrons. The van der Waals surface area contributed by atoms with Crippen LogP contribution >= 0.6 is 0 Å². The van der Waals surface area contributed by atoms with Gasteiger partial charge in [-0.05, 0) is 53.8 Å². The molecule has 65 heavy (non-hydrogen) atoms. The van der Waals surface area contributed by atoms with Crippen molar-refractivity contribution in [2.75, 3.05) is 7.05 Å². The van der Waals surface area contributed by atoms with E-state index in [1.807, 2.05) is 24.3 Å². The van der Waals surface area contributed by atoms with Gasteiger partial charge in [0.25, 0.3) is 5.56 Å². The molecule has 7 atom stereocenters. The number of aliphatic hydroxyl groups is 1. The van der Waals surface area contributed by atoms with Gasteiger partial charge in [0.15, 0.2) is 0 Å². The molecule has 10 N–H and O–H groups in total. The summed E-state index contributed by atoms with van der Waals surface area (Å²) in [7, 11) is 1.47. The predicted octanol–water partition coefficient (Wildman–Crippen LogP) is 0.614. The summed E-state index contributed by atoms with van der Waals surface area (Å²) in [6.45, 7) is 1.88. The van der Waals surface area contributed by atoms with E-state index in [0.717, 1.165) is 45.1 Å². The maximum atomic E-state index is 14.4. The summed E-state index contributed by atoms with van der Waals surface area (Å²) in [5.74, 6) is -3.33. The molecule has 20 heteroatoms. The lowest BCUT2D eigenvalue weighted by molar-refractivity contribution is -0.139. The molecule has 7 rings (SSSR count). The average Bonchev–Trinajstić information content (AvgIpc) is 3.88. The summed E-state index contributed by atoms with van der Waals surface area (Å²) < 4.78 is 6.75. The number of amides is 5. The van der Waals surface area contributed by atoms with Gasteiger partial charge in [-0.3, -0.25) is 28.7 Å². The molecule has 5 amide bonds. The van der Waals surface area contributed by atoms with Crippen molar-refractivity contribution in [3.05, 3.63) is 146 Å². The molecule has 0 saturated carbocycles. The van der Waals surface area contributed by atoms with E-state index in [0.29, 0.717) is 17.7 Å². The second-order valence-corrected chi connectivity index (χ2v) is 16.0. The Morgan fingerprint density at radius 3 is 2.40 bits per heavy atom. The molecule has 1 fully saturated rings. The number of carboxylic acid groups (broad SMARTS) is 1. The number of para-hydroxylation sites is 1. The van der Waals surface area contributed by atoms with Crippen LogP contribution in [0.5, 0.6) is 5.75 Å². The number of aromatic amines is 2. The third-order valence-corrected chi connectivity index (χ3v) is 11.6. The summed E-state index contributed by atoms with van der Waals surface area (Å²) in [4.78, 5) is 99.3. The molecule has 3 aromatic carbocycles. The molecule has 4 heterocycles. The maximum absolute atomic E-state index is 14.4. The molecule has 2 aliphatic rings. The molecule has 20 nitrogen and oxygen atoms in total. The zero-order chi connectivity index (χ0) is 46.4. The highest BCUT2D eigenvalue weighted by molar-refractivity contribution is 5.94. The van der Waals surface area contributed by atoms with Crippen molar-refractivity contribution in [1.29, 1.82) is 0 Å². The molecule has 5 aromatic rings. The Hall–Kier alpha value is -7.71. The normalized spacial score (nSPS) is 19.2. The van der Waals surface area contributed by atoms with Crippen molar-refractivity contribution in [3.63, 3.8) is 0 Å². The lowest BCUT2D eigenvalue weighted by Gasteiger charge is -2.36. The predicted molar refractivity (Wildman–Crippen MR) is 234 cm³/mol. The number of hydrogen-bond acceptors (Lipinski definition) is 11. The number of phenols is 1. The van der Waals surface area contributed by atoms with Crippen LogP contribution in [0.2, 0.25) is 0 Å². The van der Waals surface area contributed by atoms with Crippen LogP contribution in [-0.4, -0.2) is 108 Å².